The van der Waals surface area contributed by atoms with Gasteiger partial charge in [0, 0.05) is 58.0 Å². The topological polar surface area (TPSA) is 50.1 Å². The van der Waals surface area contributed by atoms with Crippen molar-refractivity contribution in [2.45, 2.75) is 26.4 Å². The van der Waals surface area contributed by atoms with Crippen molar-refractivity contribution in [1.82, 2.24) is 19.2 Å². The van der Waals surface area contributed by atoms with Crippen LogP contribution in [0.3, 0.4) is 0 Å². The van der Waals surface area contributed by atoms with E-state index in [2.05, 4.69) is 33.0 Å². The molecule has 1 aromatic carbocycles. The lowest BCUT2D eigenvalue weighted by molar-refractivity contribution is 0.121. The number of hydrogen-bond acceptors (Lipinski definition) is 5. The van der Waals surface area contributed by atoms with Crippen molar-refractivity contribution in [3.8, 4) is 5.75 Å². The summed E-state index contributed by atoms with van der Waals surface area (Å²) in [7, 11) is 0. The smallest absolute Gasteiger partial charge is 0.258 e. The van der Waals surface area contributed by atoms with E-state index in [1.165, 1.54) is 11.1 Å². The van der Waals surface area contributed by atoms with E-state index in [1.54, 1.807) is 10.5 Å². The van der Waals surface area contributed by atoms with Crippen LogP contribution in [0.5, 0.6) is 5.75 Å². The van der Waals surface area contributed by atoms with Crippen molar-refractivity contribution < 1.29 is 4.74 Å². The predicted octanol–water partition coefficient (Wildman–Crippen LogP) is 2.26. The van der Waals surface area contributed by atoms with E-state index in [4.69, 9.17) is 4.74 Å². The lowest BCUT2D eigenvalue weighted by Gasteiger charge is -2.34. The van der Waals surface area contributed by atoms with Gasteiger partial charge in [-0.15, -0.1) is 0 Å². The quantitative estimate of drug-likeness (QED) is 0.684. The molecule has 3 aromatic rings. The Labute approximate surface area is 170 Å². The average Bonchev–Trinajstić information content (AvgIpc) is 3.18. The van der Waals surface area contributed by atoms with E-state index in [1.807, 2.05) is 25.3 Å². The molecule has 2 aliphatic heterocycles. The van der Waals surface area contributed by atoms with E-state index in [9.17, 15) is 4.79 Å². The molecule has 0 N–H and O–H groups in total. The lowest BCUT2D eigenvalue weighted by atomic mass is 10.1. The van der Waals surface area contributed by atoms with Gasteiger partial charge in [-0.25, -0.2) is 4.98 Å². The standard InChI is InChI=1S/C23H26N4O2/c1-17-2-5-22-24-20(13-23(28)27(22)14-17)16-26-9-7-25(8-10-26)15-18-3-4-21-19(12-18)6-11-29-21/h2-5,12-14H,6-11,15-16H2,1H3. The molecule has 1 saturated heterocycles. The Morgan fingerprint density at radius 2 is 1.79 bits per heavy atom. The molecule has 0 radical (unpaired) electrons. The molecule has 5 rings (SSSR count). The van der Waals surface area contributed by atoms with E-state index in [-0.39, 0.29) is 5.56 Å². The summed E-state index contributed by atoms with van der Waals surface area (Å²) in [6.45, 7) is 8.53. The van der Waals surface area contributed by atoms with Crippen molar-refractivity contribution in [2.24, 2.45) is 0 Å². The number of benzene rings is 1. The summed E-state index contributed by atoms with van der Waals surface area (Å²) in [4.78, 5) is 22.0. The van der Waals surface area contributed by atoms with Crippen LogP contribution in [0.15, 0.2) is 47.4 Å². The zero-order chi connectivity index (χ0) is 19.8. The van der Waals surface area contributed by atoms with Gasteiger partial charge in [-0.05, 0) is 35.7 Å². The normalized spacial score (nSPS) is 17.4. The number of aryl methyl sites for hydroxylation is 1. The van der Waals surface area contributed by atoms with Gasteiger partial charge in [-0.2, -0.15) is 0 Å². The Hall–Kier alpha value is -2.70. The predicted molar refractivity (Wildman–Crippen MR) is 112 cm³/mol. The van der Waals surface area contributed by atoms with Gasteiger partial charge in [-0.1, -0.05) is 18.2 Å². The third-order valence-corrected chi connectivity index (χ3v) is 5.87. The summed E-state index contributed by atoms with van der Waals surface area (Å²) >= 11 is 0. The molecule has 4 heterocycles. The van der Waals surface area contributed by atoms with Gasteiger partial charge >= 0.3 is 0 Å². The number of hydrogen-bond donors (Lipinski definition) is 0. The van der Waals surface area contributed by atoms with Crippen molar-refractivity contribution in [3.63, 3.8) is 0 Å². The zero-order valence-electron chi connectivity index (χ0n) is 16.8. The van der Waals surface area contributed by atoms with Gasteiger partial charge in [0.05, 0.1) is 12.3 Å². The first-order valence-electron chi connectivity index (χ1n) is 10.3. The molecule has 29 heavy (non-hydrogen) atoms. The molecule has 0 aliphatic carbocycles. The van der Waals surface area contributed by atoms with Crippen molar-refractivity contribution in [1.29, 1.82) is 0 Å². The molecule has 0 amide bonds. The molecule has 150 valence electrons. The van der Waals surface area contributed by atoms with Crippen LogP contribution in [0.2, 0.25) is 0 Å². The minimum atomic E-state index is -0.00655. The van der Waals surface area contributed by atoms with Crippen LogP contribution in [0, 0.1) is 6.92 Å². The van der Waals surface area contributed by atoms with Gasteiger partial charge in [0.1, 0.15) is 11.4 Å². The Morgan fingerprint density at radius 1 is 1.00 bits per heavy atom. The number of pyridine rings is 1. The highest BCUT2D eigenvalue weighted by molar-refractivity contribution is 5.40. The van der Waals surface area contributed by atoms with Crippen LogP contribution < -0.4 is 10.3 Å². The first kappa shape index (κ1) is 18.3. The average molecular weight is 390 g/mol. The van der Waals surface area contributed by atoms with Crippen LogP contribution in [-0.2, 0) is 19.5 Å². The van der Waals surface area contributed by atoms with Gasteiger partial charge in [0.15, 0.2) is 0 Å². The second-order valence-corrected chi connectivity index (χ2v) is 8.11. The number of piperazine rings is 1. The van der Waals surface area contributed by atoms with Crippen molar-refractivity contribution in [3.05, 3.63) is 75.3 Å². The second-order valence-electron chi connectivity index (χ2n) is 8.11. The number of aromatic nitrogens is 2. The van der Waals surface area contributed by atoms with Crippen LogP contribution in [0.4, 0.5) is 0 Å². The van der Waals surface area contributed by atoms with E-state index in [0.717, 1.165) is 75.0 Å². The minimum absolute atomic E-state index is 0.00655. The van der Waals surface area contributed by atoms with Gasteiger partial charge < -0.3 is 4.74 Å². The molecular formula is C23H26N4O2. The number of rotatable bonds is 4. The Kier molecular flexibility index (Phi) is 4.81. The first-order valence-corrected chi connectivity index (χ1v) is 10.3. The molecule has 0 bridgehead atoms. The maximum absolute atomic E-state index is 12.4. The fourth-order valence-electron chi connectivity index (χ4n) is 4.27. The van der Waals surface area contributed by atoms with Gasteiger partial charge in [0.25, 0.3) is 5.56 Å². The molecule has 6 heteroatoms. The highest BCUT2D eigenvalue weighted by Gasteiger charge is 2.19. The largest absolute Gasteiger partial charge is 0.493 e. The summed E-state index contributed by atoms with van der Waals surface area (Å²) in [5.74, 6) is 1.05. The highest BCUT2D eigenvalue weighted by Crippen LogP contribution is 2.26. The molecule has 6 nitrogen and oxygen atoms in total. The number of nitrogens with zero attached hydrogens (tertiary/aromatic N) is 4. The summed E-state index contributed by atoms with van der Waals surface area (Å²) in [5.41, 5.74) is 5.32. The minimum Gasteiger partial charge on any atom is -0.493 e. The SMILES string of the molecule is Cc1ccc2nc(CN3CCN(Cc4ccc5c(c4)CCO5)CC3)cc(=O)n2c1. The van der Waals surface area contributed by atoms with Crippen molar-refractivity contribution in [2.75, 3.05) is 32.8 Å². The van der Waals surface area contributed by atoms with Crippen LogP contribution in [0.25, 0.3) is 5.65 Å². The molecule has 1 fully saturated rings. The molecule has 0 saturated carbocycles. The molecule has 0 spiro atoms. The molecule has 0 atom stereocenters. The van der Waals surface area contributed by atoms with Gasteiger partial charge in [-0.3, -0.25) is 19.0 Å². The Bertz CT molecular complexity index is 1100. The molecule has 0 unspecified atom stereocenters. The van der Waals surface area contributed by atoms with Crippen LogP contribution >= 0.6 is 0 Å². The lowest BCUT2D eigenvalue weighted by Crippen LogP contribution is -2.45. The Balaban J connectivity index is 1.20. The number of fused-ring (bicyclic) bond motifs is 2. The molecule has 2 aliphatic rings. The fourth-order valence-corrected chi connectivity index (χ4v) is 4.27. The Morgan fingerprint density at radius 3 is 2.62 bits per heavy atom. The monoisotopic (exact) mass is 390 g/mol. The maximum Gasteiger partial charge on any atom is 0.258 e. The first-order chi connectivity index (χ1) is 14.1. The summed E-state index contributed by atoms with van der Waals surface area (Å²) in [6, 6.07) is 12.2. The van der Waals surface area contributed by atoms with Crippen LogP contribution in [0.1, 0.15) is 22.4 Å². The van der Waals surface area contributed by atoms with Gasteiger partial charge in [0.2, 0.25) is 0 Å². The maximum atomic E-state index is 12.4. The van der Waals surface area contributed by atoms with E-state index >= 15 is 0 Å². The molecule has 2 aromatic heterocycles. The third-order valence-electron chi connectivity index (χ3n) is 5.87. The molecular weight excluding hydrogens is 364 g/mol. The summed E-state index contributed by atoms with van der Waals surface area (Å²) in [5, 5.41) is 0. The third kappa shape index (κ3) is 3.91. The number of ether oxygens (including phenoxy) is 1. The summed E-state index contributed by atoms with van der Waals surface area (Å²) < 4.78 is 7.23. The van der Waals surface area contributed by atoms with Crippen LogP contribution in [-0.4, -0.2) is 52.0 Å². The fraction of sp³-hybridized carbons (Fsp3) is 0.391. The van der Waals surface area contributed by atoms with E-state index < -0.39 is 0 Å². The van der Waals surface area contributed by atoms with E-state index in [0.29, 0.717) is 0 Å². The highest BCUT2D eigenvalue weighted by atomic mass is 16.5. The zero-order valence-corrected chi connectivity index (χ0v) is 16.8. The van der Waals surface area contributed by atoms with Crippen molar-refractivity contribution >= 4 is 5.65 Å². The second kappa shape index (κ2) is 7.61. The summed E-state index contributed by atoms with van der Waals surface area (Å²) in [6.07, 6.45) is 2.87.